The van der Waals surface area contributed by atoms with Gasteiger partial charge in [-0.2, -0.15) is 0 Å². The molecule has 0 aliphatic carbocycles. The third-order valence-electron chi connectivity index (χ3n) is 3.01. The Bertz CT molecular complexity index is 572. The highest BCUT2D eigenvalue weighted by Gasteiger charge is 2.10. The number of carboxylic acids is 1. The first-order valence-electron chi connectivity index (χ1n) is 6.10. The van der Waals surface area contributed by atoms with E-state index < -0.39 is 5.97 Å². The molecule has 1 aromatic carbocycles. The maximum Gasteiger partial charge on any atom is 0.335 e. The van der Waals surface area contributed by atoms with Crippen LogP contribution in [-0.2, 0) is 17.9 Å². The lowest BCUT2D eigenvalue weighted by molar-refractivity contribution is 0.0697. The van der Waals surface area contributed by atoms with Crippen LogP contribution in [0.5, 0.6) is 0 Å². The Morgan fingerprint density at radius 2 is 2.11 bits per heavy atom. The quantitative estimate of drug-likeness (QED) is 0.883. The lowest BCUT2D eigenvalue weighted by atomic mass is 10.1. The van der Waals surface area contributed by atoms with E-state index in [0.29, 0.717) is 18.8 Å². The normalized spacial score (nSPS) is 11.0. The minimum Gasteiger partial charge on any atom is -0.478 e. The third kappa shape index (κ3) is 2.24. The number of hydrogen-bond donors (Lipinski definition) is 1. The molecule has 0 amide bonds. The number of ether oxygens (including phenoxy) is 1. The average Bonchev–Trinajstić information content (AvgIpc) is 2.72. The monoisotopic (exact) mass is 247 g/mol. The van der Waals surface area contributed by atoms with Crippen molar-refractivity contribution in [2.24, 2.45) is 0 Å². The summed E-state index contributed by atoms with van der Waals surface area (Å²) in [4.78, 5) is 11.0. The van der Waals surface area contributed by atoms with Gasteiger partial charge in [-0.25, -0.2) is 4.79 Å². The molecule has 4 nitrogen and oxygen atoms in total. The van der Waals surface area contributed by atoms with Crippen molar-refractivity contribution < 1.29 is 14.6 Å². The van der Waals surface area contributed by atoms with E-state index in [1.807, 2.05) is 19.9 Å². The molecule has 0 atom stereocenters. The highest BCUT2D eigenvalue weighted by atomic mass is 16.5. The van der Waals surface area contributed by atoms with Gasteiger partial charge >= 0.3 is 5.97 Å². The van der Waals surface area contributed by atoms with E-state index in [2.05, 4.69) is 10.6 Å². The number of aromatic nitrogens is 1. The highest BCUT2D eigenvalue weighted by Crippen LogP contribution is 2.22. The van der Waals surface area contributed by atoms with Crippen LogP contribution in [0.25, 0.3) is 10.9 Å². The summed E-state index contributed by atoms with van der Waals surface area (Å²) < 4.78 is 7.53. The fourth-order valence-electron chi connectivity index (χ4n) is 2.14. The summed E-state index contributed by atoms with van der Waals surface area (Å²) in [6.45, 7) is 6.03. The number of fused-ring (bicyclic) bond motifs is 1. The predicted octanol–water partition coefficient (Wildman–Crippen LogP) is 2.90. The molecule has 2 aromatic rings. The van der Waals surface area contributed by atoms with E-state index in [9.17, 15) is 4.79 Å². The van der Waals surface area contributed by atoms with Gasteiger partial charge in [-0.05, 0) is 37.4 Å². The molecule has 4 heteroatoms. The summed E-state index contributed by atoms with van der Waals surface area (Å²) in [5, 5.41) is 10.1. The summed E-state index contributed by atoms with van der Waals surface area (Å²) in [7, 11) is 0. The van der Waals surface area contributed by atoms with Crippen molar-refractivity contribution >= 4 is 16.9 Å². The Balaban J connectivity index is 2.51. The van der Waals surface area contributed by atoms with Gasteiger partial charge in [0.1, 0.15) is 0 Å². The molecule has 0 bridgehead atoms. The first-order chi connectivity index (χ1) is 8.67. The number of carboxylic acid groups (broad SMARTS) is 1. The molecule has 2 rings (SSSR count). The van der Waals surface area contributed by atoms with Crippen LogP contribution < -0.4 is 0 Å². The van der Waals surface area contributed by atoms with Crippen LogP contribution in [0.1, 0.15) is 29.9 Å². The highest BCUT2D eigenvalue weighted by molar-refractivity contribution is 5.93. The van der Waals surface area contributed by atoms with E-state index in [1.54, 1.807) is 12.1 Å². The second kappa shape index (κ2) is 5.23. The van der Waals surface area contributed by atoms with Gasteiger partial charge in [-0.3, -0.25) is 0 Å². The number of aryl methyl sites for hydroxylation is 1. The molecule has 0 radical (unpaired) electrons. The Morgan fingerprint density at radius 1 is 1.33 bits per heavy atom. The lowest BCUT2D eigenvalue weighted by Gasteiger charge is -2.08. The van der Waals surface area contributed by atoms with Gasteiger partial charge in [0.15, 0.2) is 0 Å². The number of aromatic carboxylic acids is 1. The van der Waals surface area contributed by atoms with Gasteiger partial charge in [0.2, 0.25) is 0 Å². The zero-order valence-corrected chi connectivity index (χ0v) is 10.6. The lowest BCUT2D eigenvalue weighted by Crippen LogP contribution is -2.03. The number of carbonyl (C=O) groups is 1. The summed E-state index contributed by atoms with van der Waals surface area (Å²) in [6, 6.07) is 7.26. The first kappa shape index (κ1) is 12.6. The van der Waals surface area contributed by atoms with Gasteiger partial charge in [0.25, 0.3) is 0 Å². The molecular formula is C14H17NO3. The van der Waals surface area contributed by atoms with E-state index >= 15 is 0 Å². The molecule has 1 N–H and O–H groups in total. The van der Waals surface area contributed by atoms with Gasteiger partial charge in [-0.15, -0.1) is 0 Å². The van der Waals surface area contributed by atoms with Crippen molar-refractivity contribution in [3.8, 4) is 0 Å². The zero-order valence-electron chi connectivity index (χ0n) is 10.6. The number of hydrogen-bond acceptors (Lipinski definition) is 2. The van der Waals surface area contributed by atoms with Crippen molar-refractivity contribution in [1.82, 2.24) is 4.57 Å². The van der Waals surface area contributed by atoms with E-state index in [1.165, 1.54) is 0 Å². The Labute approximate surface area is 106 Å². The van der Waals surface area contributed by atoms with Crippen LogP contribution in [-0.4, -0.2) is 22.2 Å². The number of rotatable bonds is 5. The maximum absolute atomic E-state index is 11.0. The van der Waals surface area contributed by atoms with Crippen LogP contribution in [0.4, 0.5) is 0 Å². The summed E-state index contributed by atoms with van der Waals surface area (Å²) in [6.07, 6.45) is 0. The largest absolute Gasteiger partial charge is 0.478 e. The molecular weight excluding hydrogens is 230 g/mol. The van der Waals surface area contributed by atoms with Crippen LogP contribution >= 0.6 is 0 Å². The van der Waals surface area contributed by atoms with E-state index in [-0.39, 0.29) is 0 Å². The minimum absolute atomic E-state index is 0.318. The predicted molar refractivity (Wildman–Crippen MR) is 69.9 cm³/mol. The zero-order chi connectivity index (χ0) is 13.1. The maximum atomic E-state index is 11.0. The van der Waals surface area contributed by atoms with Crippen molar-refractivity contribution in [3.05, 3.63) is 35.5 Å². The first-order valence-corrected chi connectivity index (χ1v) is 6.10. The van der Waals surface area contributed by atoms with Crippen LogP contribution in [0.15, 0.2) is 24.3 Å². The fraction of sp³-hybridized carbons (Fsp3) is 0.357. The minimum atomic E-state index is -0.896. The van der Waals surface area contributed by atoms with Crippen LogP contribution in [0.3, 0.4) is 0 Å². The molecule has 0 aliphatic rings. The van der Waals surface area contributed by atoms with Crippen molar-refractivity contribution in [2.75, 3.05) is 6.61 Å². The second-order valence-corrected chi connectivity index (χ2v) is 4.10. The van der Waals surface area contributed by atoms with Crippen molar-refractivity contribution in [1.29, 1.82) is 0 Å². The van der Waals surface area contributed by atoms with Gasteiger partial charge in [0.05, 0.1) is 12.2 Å². The van der Waals surface area contributed by atoms with E-state index in [4.69, 9.17) is 9.84 Å². The molecule has 0 unspecified atom stereocenters. The topological polar surface area (TPSA) is 51.5 Å². The third-order valence-corrected chi connectivity index (χ3v) is 3.01. The standard InChI is InChI=1S/C14H17NO3/c1-3-15-12(9-18-4-2)7-10-5-6-11(14(16)17)8-13(10)15/h5-8H,3-4,9H2,1-2H3,(H,16,17). The Morgan fingerprint density at radius 3 is 2.72 bits per heavy atom. The number of benzene rings is 1. The van der Waals surface area contributed by atoms with Crippen LogP contribution in [0, 0.1) is 0 Å². The summed E-state index contributed by atoms with van der Waals surface area (Å²) in [5.74, 6) is -0.896. The van der Waals surface area contributed by atoms with E-state index in [0.717, 1.165) is 23.1 Å². The molecule has 0 saturated heterocycles. The second-order valence-electron chi connectivity index (χ2n) is 4.10. The van der Waals surface area contributed by atoms with Crippen molar-refractivity contribution in [3.63, 3.8) is 0 Å². The Kier molecular flexibility index (Phi) is 3.67. The molecule has 1 heterocycles. The fourth-order valence-corrected chi connectivity index (χ4v) is 2.14. The van der Waals surface area contributed by atoms with Crippen molar-refractivity contribution in [2.45, 2.75) is 27.0 Å². The molecule has 96 valence electrons. The molecule has 1 aromatic heterocycles. The molecule has 0 spiro atoms. The summed E-state index contributed by atoms with van der Waals surface area (Å²) >= 11 is 0. The van der Waals surface area contributed by atoms with Gasteiger partial charge in [-0.1, -0.05) is 6.07 Å². The SMILES string of the molecule is CCOCc1cc2ccc(C(=O)O)cc2n1CC. The smallest absolute Gasteiger partial charge is 0.335 e. The number of nitrogens with zero attached hydrogens (tertiary/aromatic N) is 1. The molecule has 0 saturated carbocycles. The molecule has 0 aliphatic heterocycles. The van der Waals surface area contributed by atoms with Gasteiger partial charge < -0.3 is 14.4 Å². The molecule has 0 fully saturated rings. The molecule has 18 heavy (non-hydrogen) atoms. The van der Waals surface area contributed by atoms with Crippen LogP contribution in [0.2, 0.25) is 0 Å². The van der Waals surface area contributed by atoms with Gasteiger partial charge in [0, 0.05) is 24.4 Å². The Hall–Kier alpha value is -1.81. The average molecular weight is 247 g/mol. The summed E-state index contributed by atoms with van der Waals surface area (Å²) in [5.41, 5.74) is 2.35.